The molecular weight excluding hydrogens is 247 g/mol. The second-order valence-electron chi connectivity index (χ2n) is 1.92. The third-order valence-electron chi connectivity index (χ3n) is 1.11. The molecule has 0 spiro atoms. The Morgan fingerprint density at radius 1 is 0.667 bits per heavy atom. The summed E-state index contributed by atoms with van der Waals surface area (Å²) in [6, 6.07) is 20.0. The van der Waals surface area contributed by atoms with Gasteiger partial charge in [-0.3, -0.25) is 0 Å². The molecule has 62 valence electrons. The van der Waals surface area contributed by atoms with Crippen molar-refractivity contribution in [1.82, 2.24) is 0 Å². The van der Waals surface area contributed by atoms with E-state index in [1.165, 1.54) is 0 Å². The summed E-state index contributed by atoms with van der Waals surface area (Å²) in [5.74, 6) is 0. The summed E-state index contributed by atoms with van der Waals surface area (Å²) in [5.41, 5.74) is 0. The molecule has 0 aliphatic heterocycles. The first-order valence-corrected chi connectivity index (χ1v) is 3.33. The van der Waals surface area contributed by atoms with E-state index in [1.54, 1.807) is 0 Å². The molecule has 0 aliphatic rings. The van der Waals surface area contributed by atoms with E-state index in [2.05, 4.69) is 0 Å². The second-order valence-corrected chi connectivity index (χ2v) is 1.92. The topological polar surface area (TPSA) is 0 Å². The van der Waals surface area contributed by atoms with E-state index in [0.717, 1.165) is 0 Å². The van der Waals surface area contributed by atoms with Crippen LogP contribution in [0.5, 0.6) is 0 Å². The largest absolute Gasteiger partial charge is 4.00 e. The molecule has 12 heavy (non-hydrogen) atoms. The minimum atomic E-state index is 0. The van der Waals surface area contributed by atoms with Crippen LogP contribution in [0.1, 0.15) is 1.43 Å². The molecule has 0 fully saturated rings. The van der Waals surface area contributed by atoms with Crippen LogP contribution in [0, 0.1) is 0 Å². The zero-order valence-electron chi connectivity index (χ0n) is 7.65. The fourth-order valence-electron chi connectivity index (χ4n) is 0.642. The van der Waals surface area contributed by atoms with Crippen molar-refractivity contribution in [3.8, 4) is 0 Å². The zero-order chi connectivity index (χ0) is 7.07. The van der Waals surface area contributed by atoms with Crippen LogP contribution in [0.3, 0.4) is 0 Å². The molecule has 0 unspecified atom stereocenters. The smallest absolute Gasteiger partial charge is 1.00 e. The van der Waals surface area contributed by atoms with Gasteiger partial charge in [0.05, 0.1) is 0 Å². The molecule has 2 rings (SSSR count). The quantitative estimate of drug-likeness (QED) is 0.580. The van der Waals surface area contributed by atoms with Gasteiger partial charge in [0.2, 0.25) is 0 Å². The monoisotopic (exact) mass is 256 g/mol. The van der Waals surface area contributed by atoms with Crippen molar-refractivity contribution in [2.45, 2.75) is 0 Å². The maximum absolute atomic E-state index is 2.00. The fraction of sp³-hybridized carbons (Fsp3) is 0. The standard InChI is InChI=1S/2C5H5.ClH.Zr.H/c2*1-2-4-5-3-1;;;/h2*1-5H;1H;;/q2*-1;;+4;-1/p-1. The van der Waals surface area contributed by atoms with E-state index in [9.17, 15) is 0 Å². The number of halogens is 1. The van der Waals surface area contributed by atoms with Crippen LogP contribution in [-0.4, -0.2) is 0 Å². The molecule has 0 saturated carbocycles. The third-order valence-corrected chi connectivity index (χ3v) is 1.11. The normalized spacial score (nSPS) is 6.67. The Morgan fingerprint density at radius 3 is 1.00 bits per heavy atom. The van der Waals surface area contributed by atoms with E-state index in [-0.39, 0.29) is 40.0 Å². The minimum absolute atomic E-state index is 0. The summed E-state index contributed by atoms with van der Waals surface area (Å²) in [7, 11) is 0. The maximum atomic E-state index is 2.00. The Hall–Kier alpha value is -0.127. The van der Waals surface area contributed by atoms with E-state index < -0.39 is 0 Å². The summed E-state index contributed by atoms with van der Waals surface area (Å²) >= 11 is 0. The molecular formula is C10H11ClZr. The third kappa shape index (κ3) is 7.97. The van der Waals surface area contributed by atoms with Crippen LogP contribution in [0.25, 0.3) is 0 Å². The van der Waals surface area contributed by atoms with Crippen molar-refractivity contribution < 1.29 is 40.0 Å². The average molecular weight is 258 g/mol. The first-order valence-electron chi connectivity index (χ1n) is 3.33. The molecule has 0 heterocycles. The molecule has 0 aliphatic carbocycles. The Bertz CT molecular complexity index is 154. The molecule has 0 aromatic heterocycles. The van der Waals surface area contributed by atoms with Gasteiger partial charge in [-0.2, -0.15) is 36.4 Å². The van der Waals surface area contributed by atoms with Crippen LogP contribution in [0.15, 0.2) is 60.7 Å². The summed E-state index contributed by atoms with van der Waals surface area (Å²) in [6.45, 7) is 0. The number of hydrogen-bond donors (Lipinski definition) is 0. The number of rotatable bonds is 0. The molecule has 2 aromatic rings. The molecule has 0 bridgehead atoms. The van der Waals surface area contributed by atoms with Gasteiger partial charge in [-0.15, -0.1) is 0 Å². The summed E-state index contributed by atoms with van der Waals surface area (Å²) < 4.78 is 0. The maximum Gasteiger partial charge on any atom is 4.00 e. The van der Waals surface area contributed by atoms with Gasteiger partial charge < -0.3 is 13.8 Å². The molecule has 0 saturated heterocycles. The molecule has 0 nitrogen and oxygen atoms in total. The fourth-order valence-corrected chi connectivity index (χ4v) is 0.642. The van der Waals surface area contributed by atoms with Gasteiger partial charge >= 0.3 is 26.2 Å². The molecule has 2 aromatic carbocycles. The van der Waals surface area contributed by atoms with Gasteiger partial charge in [0.25, 0.3) is 0 Å². The Morgan fingerprint density at radius 2 is 0.917 bits per heavy atom. The van der Waals surface area contributed by atoms with Crippen LogP contribution < -0.4 is 12.4 Å². The van der Waals surface area contributed by atoms with Crippen molar-refractivity contribution in [1.29, 1.82) is 0 Å². The van der Waals surface area contributed by atoms with Crippen LogP contribution in [0.2, 0.25) is 0 Å². The molecule has 0 atom stereocenters. The molecule has 2 heteroatoms. The zero-order valence-corrected chi connectivity index (χ0v) is 9.87. The molecule has 0 N–H and O–H groups in total. The van der Waals surface area contributed by atoms with Gasteiger partial charge in [-0.1, -0.05) is 0 Å². The first kappa shape index (κ1) is 14.4. The van der Waals surface area contributed by atoms with Gasteiger partial charge in [-0.05, 0) is 0 Å². The van der Waals surface area contributed by atoms with E-state index in [1.807, 2.05) is 60.7 Å². The van der Waals surface area contributed by atoms with Gasteiger partial charge in [0, 0.05) is 0 Å². The average Bonchev–Trinajstić information content (AvgIpc) is 2.67. The minimum Gasteiger partial charge on any atom is -1.00 e. The van der Waals surface area contributed by atoms with E-state index in [4.69, 9.17) is 0 Å². The van der Waals surface area contributed by atoms with E-state index in [0.29, 0.717) is 0 Å². The Balaban J connectivity index is -0.000000125. The van der Waals surface area contributed by atoms with Crippen molar-refractivity contribution in [3.05, 3.63) is 60.7 Å². The Kier molecular flexibility index (Phi) is 13.0. The van der Waals surface area contributed by atoms with Crippen molar-refractivity contribution in [2.75, 3.05) is 0 Å². The Labute approximate surface area is 100 Å². The summed E-state index contributed by atoms with van der Waals surface area (Å²) in [6.07, 6.45) is 0. The number of hydrogen-bond acceptors (Lipinski definition) is 0. The van der Waals surface area contributed by atoms with Crippen molar-refractivity contribution in [2.24, 2.45) is 0 Å². The van der Waals surface area contributed by atoms with Crippen molar-refractivity contribution in [3.63, 3.8) is 0 Å². The van der Waals surface area contributed by atoms with Gasteiger partial charge in [-0.25, -0.2) is 24.3 Å². The molecule has 0 amide bonds. The predicted octanol–water partition coefficient (Wildman–Crippen LogP) is -0.0750. The summed E-state index contributed by atoms with van der Waals surface area (Å²) in [4.78, 5) is 0. The van der Waals surface area contributed by atoms with Gasteiger partial charge in [0.15, 0.2) is 0 Å². The van der Waals surface area contributed by atoms with Crippen molar-refractivity contribution >= 4 is 0 Å². The van der Waals surface area contributed by atoms with Crippen LogP contribution >= 0.6 is 0 Å². The molecule has 0 radical (unpaired) electrons. The van der Waals surface area contributed by atoms with Crippen LogP contribution in [-0.2, 0) is 26.2 Å². The SMILES string of the molecule is [Cl-].[H-].[Zr+4].c1cc[cH-]c1.c1cc[cH-]c1. The second kappa shape index (κ2) is 10.9. The van der Waals surface area contributed by atoms with E-state index >= 15 is 0 Å². The van der Waals surface area contributed by atoms with Gasteiger partial charge in [0.1, 0.15) is 0 Å². The summed E-state index contributed by atoms with van der Waals surface area (Å²) in [5, 5.41) is 0. The first-order chi connectivity index (χ1) is 5.00. The van der Waals surface area contributed by atoms with Crippen LogP contribution in [0.4, 0.5) is 0 Å². The predicted molar refractivity (Wildman–Crippen MR) is 45.2 cm³/mol.